The largest absolute Gasteiger partial charge is 0.497 e. The van der Waals surface area contributed by atoms with Crippen LogP contribution in [0.3, 0.4) is 0 Å². The van der Waals surface area contributed by atoms with E-state index >= 15 is 0 Å². The van der Waals surface area contributed by atoms with Gasteiger partial charge in [-0.2, -0.15) is 0 Å². The van der Waals surface area contributed by atoms with Crippen LogP contribution in [0.25, 0.3) is 0 Å². The third kappa shape index (κ3) is 3.67. The van der Waals surface area contributed by atoms with Gasteiger partial charge in [0.2, 0.25) is 0 Å². The quantitative estimate of drug-likeness (QED) is 0.762. The molecule has 0 saturated carbocycles. The van der Waals surface area contributed by atoms with Gasteiger partial charge < -0.3 is 4.74 Å². The predicted octanol–water partition coefficient (Wildman–Crippen LogP) is 4.47. The normalized spacial score (nSPS) is 11.4. The van der Waals surface area contributed by atoms with E-state index in [0.29, 0.717) is 6.54 Å². The first-order chi connectivity index (χ1) is 9.20. The van der Waals surface area contributed by atoms with Crippen LogP contribution >= 0.6 is 15.9 Å². The van der Waals surface area contributed by atoms with E-state index < -0.39 is 0 Å². The molecule has 3 heteroatoms. The fourth-order valence-electron chi connectivity index (χ4n) is 1.78. The third-order valence-electron chi connectivity index (χ3n) is 2.92. The van der Waals surface area contributed by atoms with Crippen LogP contribution in [0.4, 0.5) is 0 Å². The third-order valence-corrected chi connectivity index (χ3v) is 3.61. The fourth-order valence-corrected chi connectivity index (χ4v) is 2.35. The Hall–Kier alpha value is -1.61. The van der Waals surface area contributed by atoms with E-state index in [4.69, 9.17) is 4.74 Å². The highest BCUT2D eigenvalue weighted by atomic mass is 79.9. The SMILES string of the molecule is COc1ccc(C/N=C(/C)c2ccccc2Br)cc1. The smallest absolute Gasteiger partial charge is 0.118 e. The Labute approximate surface area is 122 Å². The standard InChI is InChI=1S/C16H16BrNO/c1-12(15-5-3-4-6-16(15)17)18-11-13-7-9-14(19-2)10-8-13/h3-10H,11H2,1-2H3/b18-12-. The van der Waals surface area contributed by atoms with Crippen molar-refractivity contribution in [2.75, 3.05) is 7.11 Å². The lowest BCUT2D eigenvalue weighted by Gasteiger charge is -2.05. The van der Waals surface area contributed by atoms with Gasteiger partial charge in [-0.1, -0.05) is 46.3 Å². The first-order valence-electron chi connectivity index (χ1n) is 6.09. The zero-order chi connectivity index (χ0) is 13.7. The van der Waals surface area contributed by atoms with Gasteiger partial charge in [0.25, 0.3) is 0 Å². The molecule has 0 fully saturated rings. The molecule has 19 heavy (non-hydrogen) atoms. The predicted molar refractivity (Wildman–Crippen MR) is 83.1 cm³/mol. The van der Waals surface area contributed by atoms with Gasteiger partial charge in [0.15, 0.2) is 0 Å². The molecule has 0 atom stereocenters. The molecule has 0 saturated heterocycles. The van der Waals surface area contributed by atoms with Gasteiger partial charge >= 0.3 is 0 Å². The summed E-state index contributed by atoms with van der Waals surface area (Å²) in [6.07, 6.45) is 0. The maximum atomic E-state index is 5.14. The average Bonchev–Trinajstić information content (AvgIpc) is 2.46. The zero-order valence-electron chi connectivity index (χ0n) is 11.1. The minimum atomic E-state index is 0.678. The van der Waals surface area contributed by atoms with Gasteiger partial charge in [-0.25, -0.2) is 0 Å². The molecule has 2 aromatic rings. The van der Waals surface area contributed by atoms with E-state index in [2.05, 4.69) is 27.0 Å². The van der Waals surface area contributed by atoms with Crippen molar-refractivity contribution in [1.29, 1.82) is 0 Å². The van der Waals surface area contributed by atoms with E-state index in [0.717, 1.165) is 21.5 Å². The van der Waals surface area contributed by atoms with Gasteiger partial charge in [-0.15, -0.1) is 0 Å². The van der Waals surface area contributed by atoms with Crippen LogP contribution in [-0.2, 0) is 6.54 Å². The summed E-state index contributed by atoms with van der Waals surface area (Å²) in [4.78, 5) is 4.63. The lowest BCUT2D eigenvalue weighted by Crippen LogP contribution is -1.97. The van der Waals surface area contributed by atoms with Crippen molar-refractivity contribution in [3.8, 4) is 5.75 Å². The molecule has 2 rings (SSSR count). The molecule has 0 heterocycles. The number of aliphatic imine (C=N–C) groups is 1. The molecule has 0 amide bonds. The number of ether oxygens (including phenoxy) is 1. The lowest BCUT2D eigenvalue weighted by molar-refractivity contribution is 0.414. The number of halogens is 1. The van der Waals surface area contributed by atoms with Crippen LogP contribution in [0.5, 0.6) is 5.75 Å². The molecule has 2 aromatic carbocycles. The zero-order valence-corrected chi connectivity index (χ0v) is 12.6. The Kier molecular flexibility index (Phi) is 4.74. The van der Waals surface area contributed by atoms with Gasteiger partial charge in [-0.3, -0.25) is 4.99 Å². The summed E-state index contributed by atoms with van der Waals surface area (Å²) in [6.45, 7) is 2.71. The first kappa shape index (κ1) is 13.8. The molecular weight excluding hydrogens is 302 g/mol. The summed E-state index contributed by atoms with van der Waals surface area (Å²) in [6, 6.07) is 16.1. The summed E-state index contributed by atoms with van der Waals surface area (Å²) in [7, 11) is 1.67. The van der Waals surface area contributed by atoms with Crippen molar-refractivity contribution in [2.45, 2.75) is 13.5 Å². The second kappa shape index (κ2) is 6.53. The summed E-state index contributed by atoms with van der Waals surface area (Å²) in [5.74, 6) is 0.871. The monoisotopic (exact) mass is 317 g/mol. The van der Waals surface area contributed by atoms with Crippen LogP contribution in [0.2, 0.25) is 0 Å². The van der Waals surface area contributed by atoms with Crippen molar-refractivity contribution in [2.24, 2.45) is 4.99 Å². The van der Waals surface area contributed by atoms with Crippen molar-refractivity contribution >= 4 is 21.6 Å². The van der Waals surface area contributed by atoms with E-state index in [1.807, 2.05) is 49.4 Å². The molecule has 0 aliphatic heterocycles. The highest BCUT2D eigenvalue weighted by molar-refractivity contribution is 9.10. The highest BCUT2D eigenvalue weighted by Crippen LogP contribution is 2.17. The summed E-state index contributed by atoms with van der Waals surface area (Å²) < 4.78 is 6.21. The molecule has 0 N–H and O–H groups in total. The highest BCUT2D eigenvalue weighted by Gasteiger charge is 2.01. The molecule has 0 aliphatic carbocycles. The van der Waals surface area contributed by atoms with E-state index in [1.165, 1.54) is 5.56 Å². The molecule has 0 aromatic heterocycles. The van der Waals surface area contributed by atoms with Crippen LogP contribution in [0.15, 0.2) is 58.0 Å². The topological polar surface area (TPSA) is 21.6 Å². The van der Waals surface area contributed by atoms with Crippen LogP contribution < -0.4 is 4.74 Å². The fraction of sp³-hybridized carbons (Fsp3) is 0.188. The van der Waals surface area contributed by atoms with Gasteiger partial charge in [0.1, 0.15) is 5.75 Å². The minimum absolute atomic E-state index is 0.678. The van der Waals surface area contributed by atoms with Crippen LogP contribution in [-0.4, -0.2) is 12.8 Å². The number of methoxy groups -OCH3 is 1. The van der Waals surface area contributed by atoms with E-state index in [-0.39, 0.29) is 0 Å². The second-order valence-electron chi connectivity index (χ2n) is 4.23. The molecular formula is C16H16BrNO. The first-order valence-corrected chi connectivity index (χ1v) is 6.89. The molecule has 0 unspecified atom stereocenters. The number of hydrogen-bond acceptors (Lipinski definition) is 2. The van der Waals surface area contributed by atoms with Crippen molar-refractivity contribution < 1.29 is 4.74 Å². The summed E-state index contributed by atoms with van der Waals surface area (Å²) in [5.41, 5.74) is 3.34. The number of rotatable bonds is 4. The molecule has 0 bridgehead atoms. The lowest BCUT2D eigenvalue weighted by atomic mass is 10.1. The van der Waals surface area contributed by atoms with Crippen molar-refractivity contribution in [3.63, 3.8) is 0 Å². The Morgan fingerprint density at radius 1 is 1.11 bits per heavy atom. The van der Waals surface area contributed by atoms with Crippen molar-refractivity contribution in [3.05, 3.63) is 64.1 Å². The molecule has 98 valence electrons. The molecule has 0 aliphatic rings. The van der Waals surface area contributed by atoms with Crippen molar-refractivity contribution in [1.82, 2.24) is 0 Å². The average molecular weight is 318 g/mol. The van der Waals surface area contributed by atoms with Gasteiger partial charge in [0, 0.05) is 15.7 Å². The maximum Gasteiger partial charge on any atom is 0.118 e. The Bertz CT molecular complexity index is 576. The minimum Gasteiger partial charge on any atom is -0.497 e. The molecule has 0 radical (unpaired) electrons. The van der Waals surface area contributed by atoms with E-state index in [1.54, 1.807) is 7.11 Å². The van der Waals surface area contributed by atoms with Gasteiger partial charge in [-0.05, 0) is 30.7 Å². The maximum absolute atomic E-state index is 5.14. The molecule has 2 nitrogen and oxygen atoms in total. The molecule has 0 spiro atoms. The number of benzene rings is 2. The Morgan fingerprint density at radius 2 is 1.79 bits per heavy atom. The van der Waals surface area contributed by atoms with Gasteiger partial charge in [0.05, 0.1) is 13.7 Å². The number of hydrogen-bond donors (Lipinski definition) is 0. The Balaban J connectivity index is 2.11. The second-order valence-corrected chi connectivity index (χ2v) is 5.08. The summed E-state index contributed by atoms with van der Waals surface area (Å²) in [5, 5.41) is 0. The van der Waals surface area contributed by atoms with E-state index in [9.17, 15) is 0 Å². The van der Waals surface area contributed by atoms with Crippen LogP contribution in [0.1, 0.15) is 18.1 Å². The Morgan fingerprint density at radius 3 is 2.42 bits per heavy atom. The number of nitrogens with zero attached hydrogens (tertiary/aromatic N) is 1. The van der Waals surface area contributed by atoms with Crippen LogP contribution in [0, 0.1) is 0 Å². The summed E-state index contributed by atoms with van der Waals surface area (Å²) >= 11 is 3.54.